The molecule has 0 fully saturated rings. The number of carboxylic acid groups (broad SMARTS) is 1. The Morgan fingerprint density at radius 2 is 0.985 bits per heavy atom. The van der Waals surface area contributed by atoms with Crippen LogP contribution in [-0.4, -0.2) is 80.2 Å². The van der Waals surface area contributed by atoms with Crippen molar-refractivity contribution in [3.63, 3.8) is 0 Å². The summed E-state index contributed by atoms with van der Waals surface area (Å²) in [6, 6.07) is 16.4. The summed E-state index contributed by atoms with van der Waals surface area (Å²) in [6.45, 7) is 1.08. The molecule has 9 N–H and O–H groups in total. The second-order valence-corrected chi connectivity index (χ2v) is 12.0. The number of anilines is 1. The van der Waals surface area contributed by atoms with E-state index in [0.29, 0.717) is 11.1 Å². The van der Waals surface area contributed by atoms with Crippen LogP contribution >= 0.6 is 0 Å². The smallest absolute Gasteiger partial charge is 0.353 e. The average molecular weight is 907 g/mol. The molecule has 0 radical (unpaired) electrons. The third-order valence-electron chi connectivity index (χ3n) is 7.98. The number of nitrogen functional groups attached to an aromatic ring is 1. The fraction of sp³-hybridized carbons (Fsp3) is 0.108. The summed E-state index contributed by atoms with van der Waals surface area (Å²) in [5, 5.41) is 57.0. The number of nitro benzene ring substituents is 3. The largest absolute Gasteiger partial charge is 0.481 e. The number of H-pyrrole nitrogens is 5. The van der Waals surface area contributed by atoms with Crippen molar-refractivity contribution >= 4 is 73.0 Å². The number of aromatic nitrogens is 6. The Balaban J connectivity index is 0.000000285. The number of carbonyl (C=O) groups excluding carboxylic acids is 2. The SMILES string of the molecule is C.CC(=O)O.CO.Cn1[nH]c(=O)c2c(N)cccc2c1=O.O=C1OC(=O)c2c1cccc2[N+](=O)[O-].O=c1[nH][nH]c(=O)c2c([N+](=O)[O-])cccc12.O=c1[nH][nH]c(=O)c2c([N+](=O)[O-])cccc12. The molecule has 7 aromatic rings. The minimum absolute atomic E-state index is 0. The first kappa shape index (κ1) is 51.4. The number of nitrogens with one attached hydrogen (secondary N) is 5. The van der Waals surface area contributed by atoms with Gasteiger partial charge in [0.1, 0.15) is 10.8 Å². The normalized spacial score (nSPS) is 10.5. The topological polar surface area (TPSA) is 443 Å². The number of aryl methyl sites for hydroxylation is 1. The summed E-state index contributed by atoms with van der Waals surface area (Å²) in [7, 11) is 2.49. The van der Waals surface area contributed by atoms with Gasteiger partial charge in [-0.3, -0.25) is 94.1 Å². The molecule has 0 saturated carbocycles. The number of carbonyl (C=O) groups is 3. The van der Waals surface area contributed by atoms with Gasteiger partial charge in [0.25, 0.3) is 56.4 Å². The summed E-state index contributed by atoms with van der Waals surface area (Å²) < 4.78 is 5.38. The highest BCUT2D eigenvalue weighted by Gasteiger charge is 2.36. The number of benzene rings is 4. The van der Waals surface area contributed by atoms with Crippen LogP contribution in [0.25, 0.3) is 32.3 Å². The number of fused-ring (bicyclic) bond motifs is 4. The number of nitro groups is 3. The Labute approximate surface area is 357 Å². The fourth-order valence-corrected chi connectivity index (χ4v) is 5.44. The Kier molecular flexibility index (Phi) is 17.6. The summed E-state index contributed by atoms with van der Waals surface area (Å²) in [5.41, 5.74) is 1.37. The average Bonchev–Trinajstić information content (AvgIpc) is 3.55. The van der Waals surface area contributed by atoms with E-state index in [1.807, 2.05) is 10.2 Å². The monoisotopic (exact) mass is 906 g/mol. The molecule has 1 aliphatic rings. The summed E-state index contributed by atoms with van der Waals surface area (Å²) in [4.78, 5) is 129. The van der Waals surface area contributed by atoms with Gasteiger partial charge in [-0.15, -0.1) is 0 Å². The summed E-state index contributed by atoms with van der Waals surface area (Å²) in [6.07, 6.45) is 0. The highest BCUT2D eigenvalue weighted by molar-refractivity contribution is 6.16. The number of carboxylic acids is 1. The summed E-state index contributed by atoms with van der Waals surface area (Å²) in [5.74, 6) is -2.63. The van der Waals surface area contributed by atoms with Gasteiger partial charge in [0.05, 0.1) is 41.9 Å². The number of hydrogen-bond acceptors (Lipinski definition) is 18. The van der Waals surface area contributed by atoms with Gasteiger partial charge in [0.2, 0.25) is 0 Å². The molecule has 0 amide bonds. The zero-order chi connectivity index (χ0) is 48.2. The number of aliphatic hydroxyl groups is 1. The quantitative estimate of drug-likeness (QED) is 0.0407. The molecular formula is C37H34N10O18. The Morgan fingerprint density at radius 3 is 1.43 bits per heavy atom. The van der Waals surface area contributed by atoms with Gasteiger partial charge < -0.3 is 20.7 Å². The Hall–Kier alpha value is -9.73. The van der Waals surface area contributed by atoms with Crippen LogP contribution in [0.5, 0.6) is 0 Å². The van der Waals surface area contributed by atoms with Crippen LogP contribution in [0.15, 0.2) is 102 Å². The predicted molar refractivity (Wildman–Crippen MR) is 229 cm³/mol. The number of ether oxygens (including phenoxy) is 1. The van der Waals surface area contributed by atoms with Crippen LogP contribution in [0, 0.1) is 30.3 Å². The van der Waals surface area contributed by atoms with Crippen LogP contribution in [0.3, 0.4) is 0 Å². The molecule has 0 atom stereocenters. The molecule has 8 rings (SSSR count). The zero-order valence-corrected chi connectivity index (χ0v) is 32.7. The van der Waals surface area contributed by atoms with E-state index in [-0.39, 0.29) is 68.0 Å². The van der Waals surface area contributed by atoms with Crippen molar-refractivity contribution in [2.75, 3.05) is 12.8 Å². The third kappa shape index (κ3) is 11.8. The van der Waals surface area contributed by atoms with Gasteiger partial charge in [-0.1, -0.05) is 31.7 Å². The van der Waals surface area contributed by atoms with E-state index in [9.17, 15) is 68.7 Å². The Bertz CT molecular complexity index is 3240. The molecule has 0 bridgehead atoms. The molecule has 1 aliphatic heterocycles. The van der Waals surface area contributed by atoms with Crippen LogP contribution in [0.1, 0.15) is 35.1 Å². The van der Waals surface area contributed by atoms with Gasteiger partial charge in [0, 0.05) is 45.0 Å². The van der Waals surface area contributed by atoms with Crippen LogP contribution in [0.4, 0.5) is 22.7 Å². The molecule has 4 heterocycles. The highest BCUT2D eigenvalue weighted by Crippen LogP contribution is 2.28. The number of cyclic esters (lactones) is 2. The highest BCUT2D eigenvalue weighted by atomic mass is 16.6. The van der Waals surface area contributed by atoms with Crippen molar-refractivity contribution in [3.05, 3.63) is 176 Å². The van der Waals surface area contributed by atoms with Crippen LogP contribution < -0.4 is 39.1 Å². The minimum atomic E-state index is -0.961. The fourth-order valence-electron chi connectivity index (χ4n) is 5.44. The molecule has 340 valence electrons. The van der Waals surface area contributed by atoms with Crippen molar-refractivity contribution < 1.29 is 44.1 Å². The van der Waals surface area contributed by atoms with Crippen LogP contribution in [0.2, 0.25) is 0 Å². The van der Waals surface area contributed by atoms with Crippen molar-refractivity contribution in [3.8, 4) is 0 Å². The number of aromatic amines is 5. The van der Waals surface area contributed by atoms with Crippen molar-refractivity contribution in [2.24, 2.45) is 7.05 Å². The maximum atomic E-state index is 11.6. The minimum Gasteiger partial charge on any atom is -0.481 e. The standard InChI is InChI=1S/C9H9N3O2.2C8H5N3O4.C8H3NO5.C2H4O2.CH4O.CH4/c1-12-9(14)5-3-2-4-6(10)7(5)8(13)11-12;2*12-7-4-2-1-3-5(11(14)15)6(4)8(13)10-9-7;10-7-4-2-1-3-5(9(12)13)6(4)8(11)14-7;1-2(3)4;1-2;/h2-4H,10H2,1H3,(H,11,13);2*1-3H,(H,9,12)(H,10,13);1-3H;1H3,(H,3,4);2H,1H3;1H4. The number of rotatable bonds is 3. The van der Waals surface area contributed by atoms with Gasteiger partial charge in [0.15, 0.2) is 5.56 Å². The molecule has 0 spiro atoms. The lowest BCUT2D eigenvalue weighted by molar-refractivity contribution is -0.385. The molecule has 3 aromatic heterocycles. The number of aliphatic carboxylic acids is 1. The molecule has 28 heteroatoms. The first-order valence-electron chi connectivity index (χ1n) is 17.1. The lowest BCUT2D eigenvalue weighted by atomic mass is 10.1. The number of aliphatic hydroxyl groups excluding tert-OH is 1. The predicted octanol–water partition coefficient (Wildman–Crippen LogP) is 1.30. The molecule has 0 unspecified atom stereocenters. The molecule has 4 aromatic carbocycles. The van der Waals surface area contributed by atoms with Gasteiger partial charge in [-0.25, -0.2) is 9.59 Å². The lowest BCUT2D eigenvalue weighted by Crippen LogP contribution is -2.27. The molecule has 0 aliphatic carbocycles. The first-order chi connectivity index (χ1) is 30.2. The van der Waals surface area contributed by atoms with E-state index in [2.05, 4.69) is 20.0 Å². The number of hydrogen-bond donors (Lipinski definition) is 8. The zero-order valence-electron chi connectivity index (χ0n) is 32.7. The maximum absolute atomic E-state index is 11.6. The van der Waals surface area contributed by atoms with Gasteiger partial charge in [-0.2, -0.15) is 0 Å². The van der Waals surface area contributed by atoms with E-state index in [4.69, 9.17) is 20.7 Å². The maximum Gasteiger partial charge on any atom is 0.353 e. The van der Waals surface area contributed by atoms with Gasteiger partial charge >= 0.3 is 11.9 Å². The van der Waals surface area contributed by atoms with E-state index in [1.165, 1.54) is 55.6 Å². The van der Waals surface area contributed by atoms with E-state index < -0.39 is 60.6 Å². The third-order valence-corrected chi connectivity index (χ3v) is 7.98. The van der Waals surface area contributed by atoms with Crippen molar-refractivity contribution in [2.45, 2.75) is 14.4 Å². The van der Waals surface area contributed by atoms with E-state index in [0.717, 1.165) is 24.8 Å². The molecule has 0 saturated heterocycles. The second kappa shape index (κ2) is 22.2. The van der Waals surface area contributed by atoms with Crippen molar-refractivity contribution in [1.82, 2.24) is 30.2 Å². The Morgan fingerprint density at radius 1 is 0.600 bits per heavy atom. The molecular weight excluding hydrogens is 872 g/mol. The number of esters is 2. The van der Waals surface area contributed by atoms with E-state index in [1.54, 1.807) is 18.2 Å². The molecule has 65 heavy (non-hydrogen) atoms. The lowest BCUT2D eigenvalue weighted by Gasteiger charge is -2.02. The van der Waals surface area contributed by atoms with Crippen LogP contribution in [-0.2, 0) is 16.6 Å². The second-order valence-electron chi connectivity index (χ2n) is 12.0. The van der Waals surface area contributed by atoms with Gasteiger partial charge in [-0.05, 0) is 30.3 Å². The summed E-state index contributed by atoms with van der Waals surface area (Å²) >= 11 is 0. The molecule has 28 nitrogen and oxygen atoms in total. The van der Waals surface area contributed by atoms with E-state index >= 15 is 0 Å². The van der Waals surface area contributed by atoms with Crippen molar-refractivity contribution in [1.29, 1.82) is 0 Å². The first-order valence-corrected chi connectivity index (χ1v) is 17.1. The number of nitrogens with zero attached hydrogens (tertiary/aromatic N) is 4. The number of nitrogens with two attached hydrogens (primary N) is 1. The number of non-ortho nitro benzene ring substituents is 2.